The molecule has 3 unspecified atom stereocenters. The van der Waals surface area contributed by atoms with Crippen molar-refractivity contribution in [3.05, 3.63) is 35.4 Å². The van der Waals surface area contributed by atoms with Gasteiger partial charge in [-0.1, -0.05) is 37.1 Å². The first-order chi connectivity index (χ1) is 10.4. The number of benzene rings is 1. The molecule has 3 atom stereocenters. The Kier molecular flexibility index (Phi) is 4.00. The summed E-state index contributed by atoms with van der Waals surface area (Å²) >= 11 is 0. The second-order valence-electron chi connectivity index (χ2n) is 7.35. The lowest BCUT2D eigenvalue weighted by molar-refractivity contribution is 0.138. The fourth-order valence-corrected chi connectivity index (χ4v) is 4.74. The average molecular weight is 284 g/mol. The zero-order valence-corrected chi connectivity index (χ0v) is 13.1. The number of nitrogens with zero attached hydrogens (tertiary/aromatic N) is 1. The lowest BCUT2D eigenvalue weighted by Gasteiger charge is -2.42. The molecule has 2 fully saturated rings. The van der Waals surface area contributed by atoms with Crippen LogP contribution in [0.25, 0.3) is 0 Å². The van der Waals surface area contributed by atoms with Gasteiger partial charge in [0, 0.05) is 31.7 Å². The highest BCUT2D eigenvalue weighted by Gasteiger charge is 2.32. The molecular formula is C19H28N2. The van der Waals surface area contributed by atoms with E-state index in [0.29, 0.717) is 0 Å². The molecule has 0 bridgehead atoms. The summed E-state index contributed by atoms with van der Waals surface area (Å²) < 4.78 is 0. The molecule has 3 aliphatic rings. The summed E-state index contributed by atoms with van der Waals surface area (Å²) in [6.45, 7) is 3.64. The zero-order valence-electron chi connectivity index (χ0n) is 13.1. The quantitative estimate of drug-likeness (QED) is 0.896. The number of fused-ring (bicyclic) bond motifs is 2. The summed E-state index contributed by atoms with van der Waals surface area (Å²) in [6, 6.07) is 10.5. The molecule has 1 aromatic rings. The Morgan fingerprint density at radius 1 is 1.00 bits per heavy atom. The van der Waals surface area contributed by atoms with Crippen molar-refractivity contribution in [2.45, 2.75) is 63.6 Å². The van der Waals surface area contributed by atoms with E-state index < -0.39 is 0 Å². The van der Waals surface area contributed by atoms with Crippen LogP contribution in [-0.2, 0) is 13.0 Å². The summed E-state index contributed by atoms with van der Waals surface area (Å²) in [5, 5.41) is 3.98. The van der Waals surface area contributed by atoms with Crippen molar-refractivity contribution in [2.24, 2.45) is 5.92 Å². The molecule has 1 aliphatic carbocycles. The Morgan fingerprint density at radius 3 is 2.81 bits per heavy atom. The summed E-state index contributed by atoms with van der Waals surface area (Å²) in [5.41, 5.74) is 3.12. The lowest BCUT2D eigenvalue weighted by Crippen LogP contribution is -2.53. The molecule has 0 aromatic heterocycles. The minimum absolute atomic E-state index is 0.731. The summed E-state index contributed by atoms with van der Waals surface area (Å²) in [5.74, 6) is 0.983. The van der Waals surface area contributed by atoms with Gasteiger partial charge in [0.05, 0.1) is 0 Å². The molecule has 2 heteroatoms. The summed E-state index contributed by atoms with van der Waals surface area (Å²) in [7, 11) is 0. The highest BCUT2D eigenvalue weighted by molar-refractivity contribution is 5.29. The summed E-state index contributed by atoms with van der Waals surface area (Å²) in [4.78, 5) is 2.67. The average Bonchev–Trinajstić information content (AvgIpc) is 2.55. The smallest absolute Gasteiger partial charge is 0.0237 e. The third-order valence-electron chi connectivity index (χ3n) is 5.93. The minimum Gasteiger partial charge on any atom is -0.310 e. The van der Waals surface area contributed by atoms with Gasteiger partial charge in [0.1, 0.15) is 0 Å². The van der Waals surface area contributed by atoms with Gasteiger partial charge in [0.15, 0.2) is 0 Å². The van der Waals surface area contributed by atoms with E-state index in [1.54, 1.807) is 11.1 Å². The number of nitrogens with one attached hydrogen (secondary N) is 1. The van der Waals surface area contributed by atoms with E-state index >= 15 is 0 Å². The molecule has 0 spiro atoms. The van der Waals surface area contributed by atoms with Gasteiger partial charge in [0.25, 0.3) is 0 Å². The highest BCUT2D eigenvalue weighted by atomic mass is 15.2. The van der Waals surface area contributed by atoms with Crippen LogP contribution in [0.5, 0.6) is 0 Å². The third kappa shape index (κ3) is 3.02. The van der Waals surface area contributed by atoms with Gasteiger partial charge in [-0.15, -0.1) is 0 Å². The Bertz CT molecular complexity index is 484. The Morgan fingerprint density at radius 2 is 1.86 bits per heavy atom. The van der Waals surface area contributed by atoms with Gasteiger partial charge in [-0.05, 0) is 49.1 Å². The number of rotatable bonds is 2. The normalized spacial score (nSPS) is 33.2. The van der Waals surface area contributed by atoms with Crippen molar-refractivity contribution in [1.82, 2.24) is 10.2 Å². The fourth-order valence-electron chi connectivity index (χ4n) is 4.74. The molecule has 21 heavy (non-hydrogen) atoms. The topological polar surface area (TPSA) is 15.3 Å². The van der Waals surface area contributed by atoms with E-state index in [4.69, 9.17) is 0 Å². The van der Waals surface area contributed by atoms with E-state index in [2.05, 4.69) is 34.5 Å². The molecule has 1 aromatic carbocycles. The highest BCUT2D eigenvalue weighted by Crippen LogP contribution is 2.32. The molecule has 1 saturated heterocycles. The number of hydrogen-bond donors (Lipinski definition) is 1. The van der Waals surface area contributed by atoms with Crippen LogP contribution in [0.2, 0.25) is 0 Å². The van der Waals surface area contributed by atoms with Gasteiger partial charge < -0.3 is 5.32 Å². The van der Waals surface area contributed by atoms with Gasteiger partial charge in [-0.3, -0.25) is 4.90 Å². The second-order valence-corrected chi connectivity index (χ2v) is 7.35. The SMILES string of the molecule is c1ccc2c(c1)CCN(CC1CCC3CCCCC3N1)C2. The standard InChI is InChI=1S/C19H28N2/c1-2-7-17-13-21(12-11-15(17)5-1)14-18-10-9-16-6-3-4-8-19(16)20-18/h1-2,5,7,16,18-20H,3-4,6,8-14H2. The molecule has 114 valence electrons. The second kappa shape index (κ2) is 6.10. The van der Waals surface area contributed by atoms with E-state index in [0.717, 1.165) is 24.5 Å². The first kappa shape index (κ1) is 13.8. The Labute approximate surface area is 128 Å². The van der Waals surface area contributed by atoms with E-state index in [9.17, 15) is 0 Å². The maximum atomic E-state index is 3.98. The first-order valence-electron chi connectivity index (χ1n) is 8.94. The predicted octanol–water partition coefficient (Wildman–Crippen LogP) is 3.36. The maximum Gasteiger partial charge on any atom is 0.0237 e. The Hall–Kier alpha value is -0.860. The zero-order chi connectivity index (χ0) is 14.1. The van der Waals surface area contributed by atoms with Crippen molar-refractivity contribution < 1.29 is 0 Å². The van der Waals surface area contributed by atoms with Crippen molar-refractivity contribution >= 4 is 0 Å². The molecular weight excluding hydrogens is 256 g/mol. The molecule has 2 heterocycles. The molecule has 1 saturated carbocycles. The molecule has 4 rings (SSSR count). The van der Waals surface area contributed by atoms with Crippen LogP contribution in [-0.4, -0.2) is 30.1 Å². The number of hydrogen-bond acceptors (Lipinski definition) is 2. The van der Waals surface area contributed by atoms with Crippen LogP contribution >= 0.6 is 0 Å². The van der Waals surface area contributed by atoms with Gasteiger partial charge in [0.2, 0.25) is 0 Å². The first-order valence-corrected chi connectivity index (χ1v) is 8.94. The van der Waals surface area contributed by atoms with Crippen LogP contribution < -0.4 is 5.32 Å². The molecule has 2 nitrogen and oxygen atoms in total. The van der Waals surface area contributed by atoms with Crippen LogP contribution in [0.1, 0.15) is 49.7 Å². The van der Waals surface area contributed by atoms with E-state index in [-0.39, 0.29) is 0 Å². The van der Waals surface area contributed by atoms with Gasteiger partial charge in [-0.2, -0.15) is 0 Å². The van der Waals surface area contributed by atoms with Crippen molar-refractivity contribution in [3.8, 4) is 0 Å². The fraction of sp³-hybridized carbons (Fsp3) is 0.684. The predicted molar refractivity (Wildman–Crippen MR) is 87.3 cm³/mol. The molecule has 1 N–H and O–H groups in total. The van der Waals surface area contributed by atoms with E-state index in [1.165, 1.54) is 58.0 Å². The van der Waals surface area contributed by atoms with E-state index in [1.807, 2.05) is 0 Å². The molecule has 0 amide bonds. The third-order valence-corrected chi connectivity index (χ3v) is 5.93. The van der Waals surface area contributed by atoms with Crippen LogP contribution in [0, 0.1) is 5.92 Å². The maximum absolute atomic E-state index is 3.98. The van der Waals surface area contributed by atoms with Crippen LogP contribution in [0.3, 0.4) is 0 Å². The molecule has 2 aliphatic heterocycles. The van der Waals surface area contributed by atoms with Gasteiger partial charge >= 0.3 is 0 Å². The van der Waals surface area contributed by atoms with Crippen LogP contribution in [0.15, 0.2) is 24.3 Å². The monoisotopic (exact) mass is 284 g/mol. The van der Waals surface area contributed by atoms with Crippen molar-refractivity contribution in [1.29, 1.82) is 0 Å². The Balaban J connectivity index is 1.35. The number of piperidine rings is 1. The largest absolute Gasteiger partial charge is 0.310 e. The van der Waals surface area contributed by atoms with Crippen LogP contribution in [0.4, 0.5) is 0 Å². The molecule has 0 radical (unpaired) electrons. The lowest BCUT2D eigenvalue weighted by atomic mass is 9.77. The van der Waals surface area contributed by atoms with Gasteiger partial charge in [-0.25, -0.2) is 0 Å². The summed E-state index contributed by atoms with van der Waals surface area (Å²) in [6.07, 6.45) is 9.89. The minimum atomic E-state index is 0.731. The van der Waals surface area contributed by atoms with Crippen molar-refractivity contribution in [2.75, 3.05) is 13.1 Å². The van der Waals surface area contributed by atoms with Crippen molar-refractivity contribution in [3.63, 3.8) is 0 Å².